The molecule has 0 atom stereocenters. The summed E-state index contributed by atoms with van der Waals surface area (Å²) in [4.78, 5) is 8.44. The lowest BCUT2D eigenvalue weighted by atomic mass is 10.3. The maximum Gasteiger partial charge on any atom is 0.417 e. The Hall–Kier alpha value is -3.00. The van der Waals surface area contributed by atoms with Crippen LogP contribution in [0.25, 0.3) is 22.8 Å². The lowest BCUT2D eigenvalue weighted by Gasteiger charge is -2.05. The second-order valence-electron chi connectivity index (χ2n) is 7.66. The van der Waals surface area contributed by atoms with Crippen molar-refractivity contribution in [2.75, 3.05) is 5.75 Å². The highest BCUT2D eigenvalue weighted by atomic mass is 32.2. The number of alkyl halides is 3. The summed E-state index contributed by atoms with van der Waals surface area (Å²) < 4.78 is 92.2. The number of halogens is 3. The highest BCUT2D eigenvalue weighted by Crippen LogP contribution is 2.35. The van der Waals surface area contributed by atoms with Crippen molar-refractivity contribution in [2.45, 2.75) is 41.1 Å². The lowest BCUT2D eigenvalue weighted by Crippen LogP contribution is -2.10. The SMILES string of the molecule is CCS(=O)(=O)c1c(-c2nc3ccc(C(F)(F)F)cn3n2)nc2cc(S(=O)(=O)C3CC3)ccn12. The van der Waals surface area contributed by atoms with E-state index in [1.165, 1.54) is 29.7 Å². The minimum absolute atomic E-state index is 0.0206. The number of hydrogen-bond donors (Lipinski definition) is 0. The molecule has 1 aliphatic rings. The number of hydrogen-bond acceptors (Lipinski definition) is 7. The molecule has 0 radical (unpaired) electrons. The molecule has 4 aromatic heterocycles. The van der Waals surface area contributed by atoms with Crippen molar-refractivity contribution in [3.63, 3.8) is 0 Å². The van der Waals surface area contributed by atoms with Gasteiger partial charge in [0.15, 0.2) is 30.3 Å². The molecule has 0 spiro atoms. The predicted octanol–water partition coefficient (Wildman–Crippen LogP) is 2.79. The van der Waals surface area contributed by atoms with Gasteiger partial charge in [-0.05, 0) is 31.0 Å². The number of rotatable bonds is 5. The molecule has 0 unspecified atom stereocenters. The highest BCUT2D eigenvalue weighted by Gasteiger charge is 2.37. The van der Waals surface area contributed by atoms with Crippen molar-refractivity contribution in [1.82, 2.24) is 24.0 Å². The van der Waals surface area contributed by atoms with E-state index >= 15 is 0 Å². The van der Waals surface area contributed by atoms with Crippen LogP contribution in [0.2, 0.25) is 0 Å². The maximum absolute atomic E-state index is 13.0. The Labute approximate surface area is 185 Å². The van der Waals surface area contributed by atoms with Crippen LogP contribution in [0.1, 0.15) is 25.3 Å². The van der Waals surface area contributed by atoms with Gasteiger partial charge in [0.05, 0.1) is 21.5 Å². The standard InChI is InChI=1S/C19H16F3N5O4S2/c1-2-32(28,29)18-16(17-24-14-6-3-11(19(20,21)22)10-27(14)25-17)23-15-9-13(7-8-26(15)18)33(30,31)12-4-5-12/h3,6-10,12H,2,4-5H2,1H3. The zero-order valence-electron chi connectivity index (χ0n) is 17.0. The first kappa shape index (κ1) is 21.8. The number of fused-ring (bicyclic) bond motifs is 2. The van der Waals surface area contributed by atoms with Gasteiger partial charge < -0.3 is 0 Å². The van der Waals surface area contributed by atoms with Crippen LogP contribution in [0.15, 0.2) is 46.6 Å². The van der Waals surface area contributed by atoms with E-state index in [-0.39, 0.29) is 38.5 Å². The van der Waals surface area contributed by atoms with Crippen molar-refractivity contribution < 1.29 is 30.0 Å². The maximum atomic E-state index is 13.0. The quantitative estimate of drug-likeness (QED) is 0.415. The molecule has 0 aromatic carbocycles. The summed E-state index contributed by atoms with van der Waals surface area (Å²) in [6.07, 6.45) is -1.41. The number of imidazole rings is 1. The van der Waals surface area contributed by atoms with Crippen LogP contribution >= 0.6 is 0 Å². The van der Waals surface area contributed by atoms with E-state index in [9.17, 15) is 30.0 Å². The zero-order valence-corrected chi connectivity index (χ0v) is 18.6. The summed E-state index contributed by atoms with van der Waals surface area (Å²) in [6.45, 7) is 1.43. The smallest absolute Gasteiger partial charge is 0.290 e. The van der Waals surface area contributed by atoms with E-state index in [1.807, 2.05) is 0 Å². The van der Waals surface area contributed by atoms with Gasteiger partial charge in [-0.25, -0.2) is 31.3 Å². The van der Waals surface area contributed by atoms with Crippen LogP contribution in [0.5, 0.6) is 0 Å². The topological polar surface area (TPSA) is 116 Å². The molecule has 0 aliphatic heterocycles. The first-order valence-electron chi connectivity index (χ1n) is 9.84. The molecule has 0 bridgehead atoms. The molecule has 4 aromatic rings. The van der Waals surface area contributed by atoms with Gasteiger partial charge in [-0.3, -0.25) is 4.40 Å². The number of aromatic nitrogens is 5. The third-order valence-corrected chi connectivity index (χ3v) is 9.39. The molecule has 4 heterocycles. The minimum atomic E-state index is -4.59. The molecule has 33 heavy (non-hydrogen) atoms. The second kappa shape index (κ2) is 7.00. The van der Waals surface area contributed by atoms with Crippen molar-refractivity contribution in [1.29, 1.82) is 0 Å². The summed E-state index contributed by atoms with van der Waals surface area (Å²) in [7, 11) is -7.45. The summed E-state index contributed by atoms with van der Waals surface area (Å²) in [5.74, 6) is -0.488. The van der Waals surface area contributed by atoms with E-state index < -0.39 is 36.7 Å². The summed E-state index contributed by atoms with van der Waals surface area (Å²) >= 11 is 0. The van der Waals surface area contributed by atoms with E-state index in [4.69, 9.17) is 0 Å². The summed E-state index contributed by atoms with van der Waals surface area (Å²) in [5.41, 5.74) is -1.01. The summed E-state index contributed by atoms with van der Waals surface area (Å²) in [6, 6.07) is 4.55. The first-order valence-corrected chi connectivity index (χ1v) is 13.0. The van der Waals surface area contributed by atoms with E-state index in [1.54, 1.807) is 0 Å². The number of pyridine rings is 2. The van der Waals surface area contributed by atoms with Crippen LogP contribution < -0.4 is 0 Å². The molecule has 0 saturated heterocycles. The predicted molar refractivity (Wildman–Crippen MR) is 110 cm³/mol. The lowest BCUT2D eigenvalue weighted by molar-refractivity contribution is -0.137. The van der Waals surface area contributed by atoms with E-state index in [2.05, 4.69) is 15.1 Å². The molecule has 5 rings (SSSR count). The van der Waals surface area contributed by atoms with Crippen molar-refractivity contribution in [2.24, 2.45) is 0 Å². The molecular weight excluding hydrogens is 483 g/mol. The van der Waals surface area contributed by atoms with Crippen molar-refractivity contribution in [3.05, 3.63) is 42.2 Å². The molecule has 0 amide bonds. The Bertz CT molecular complexity index is 1640. The van der Waals surface area contributed by atoms with Crippen LogP contribution in [0.3, 0.4) is 0 Å². The third-order valence-electron chi connectivity index (χ3n) is 5.39. The molecule has 174 valence electrons. The Morgan fingerprint density at radius 2 is 1.79 bits per heavy atom. The third kappa shape index (κ3) is 3.57. The van der Waals surface area contributed by atoms with Gasteiger partial charge >= 0.3 is 6.18 Å². The molecule has 1 fully saturated rings. The fourth-order valence-electron chi connectivity index (χ4n) is 3.48. The van der Waals surface area contributed by atoms with Gasteiger partial charge in [-0.2, -0.15) is 13.2 Å². The van der Waals surface area contributed by atoms with Gasteiger partial charge in [0.1, 0.15) is 11.3 Å². The Kier molecular flexibility index (Phi) is 4.63. The summed E-state index contributed by atoms with van der Waals surface area (Å²) in [5, 5.41) is 3.29. The normalized spacial score (nSPS) is 15.5. The van der Waals surface area contributed by atoms with Gasteiger partial charge in [0, 0.05) is 18.5 Å². The molecule has 1 aliphatic carbocycles. The van der Waals surface area contributed by atoms with E-state index in [0.717, 1.165) is 22.8 Å². The Morgan fingerprint density at radius 1 is 1.06 bits per heavy atom. The highest BCUT2D eigenvalue weighted by molar-refractivity contribution is 7.92. The van der Waals surface area contributed by atoms with Gasteiger partial charge in [-0.15, -0.1) is 5.10 Å². The van der Waals surface area contributed by atoms with Crippen molar-refractivity contribution in [3.8, 4) is 11.5 Å². The Balaban J connectivity index is 1.73. The largest absolute Gasteiger partial charge is 0.417 e. The minimum Gasteiger partial charge on any atom is -0.290 e. The molecule has 1 saturated carbocycles. The molecular formula is C19H16F3N5O4S2. The molecule has 14 heteroatoms. The monoisotopic (exact) mass is 499 g/mol. The second-order valence-corrected chi connectivity index (χ2v) is 12.1. The van der Waals surface area contributed by atoms with Crippen molar-refractivity contribution >= 4 is 31.0 Å². The zero-order chi connectivity index (χ0) is 23.8. The average Bonchev–Trinajstić information content (AvgIpc) is 3.41. The van der Waals surface area contributed by atoms with Crippen LogP contribution in [-0.2, 0) is 25.9 Å². The fourth-order valence-corrected chi connectivity index (χ4v) is 6.30. The first-order chi connectivity index (χ1) is 15.4. The fraction of sp³-hybridized carbons (Fsp3) is 0.316. The number of nitrogens with zero attached hydrogens (tertiary/aromatic N) is 5. The molecule has 9 nitrogen and oxygen atoms in total. The molecule has 0 N–H and O–H groups in total. The van der Waals surface area contributed by atoms with Gasteiger partial charge in [0.2, 0.25) is 5.82 Å². The Morgan fingerprint density at radius 3 is 2.42 bits per heavy atom. The van der Waals surface area contributed by atoms with Crippen LogP contribution in [-0.4, -0.2) is 51.8 Å². The van der Waals surface area contributed by atoms with E-state index in [0.29, 0.717) is 12.8 Å². The van der Waals surface area contributed by atoms with Gasteiger partial charge in [0.25, 0.3) is 0 Å². The van der Waals surface area contributed by atoms with Gasteiger partial charge in [-0.1, -0.05) is 6.92 Å². The van der Waals surface area contributed by atoms with Crippen LogP contribution in [0.4, 0.5) is 13.2 Å². The number of sulfone groups is 2. The van der Waals surface area contributed by atoms with Crippen LogP contribution in [0, 0.1) is 0 Å². The average molecular weight is 499 g/mol.